The lowest BCUT2D eigenvalue weighted by molar-refractivity contribution is 0.0953. The van der Waals surface area contributed by atoms with E-state index in [1.807, 2.05) is 6.07 Å². The minimum absolute atomic E-state index is 0.0697. The normalized spacial score (nSPS) is 12.2. The zero-order valence-corrected chi connectivity index (χ0v) is 12.7. The summed E-state index contributed by atoms with van der Waals surface area (Å²) in [7, 11) is 0. The van der Waals surface area contributed by atoms with E-state index in [9.17, 15) is 4.79 Å². The van der Waals surface area contributed by atoms with Gasteiger partial charge in [0, 0.05) is 23.1 Å². The van der Waals surface area contributed by atoms with Crippen molar-refractivity contribution in [2.24, 2.45) is 0 Å². The SMILES string of the molecule is CCCc1cc(C(=O)NCCC(C)SC)cc(N)n1. The van der Waals surface area contributed by atoms with Gasteiger partial charge in [0.25, 0.3) is 5.91 Å². The van der Waals surface area contributed by atoms with Crippen LogP contribution in [0.15, 0.2) is 12.1 Å². The number of amides is 1. The molecule has 1 aromatic rings. The first-order valence-electron chi connectivity index (χ1n) is 6.64. The van der Waals surface area contributed by atoms with Gasteiger partial charge in [-0.1, -0.05) is 20.3 Å². The zero-order chi connectivity index (χ0) is 14.3. The van der Waals surface area contributed by atoms with Crippen LogP contribution in [0.5, 0.6) is 0 Å². The predicted molar refractivity (Wildman–Crippen MR) is 82.6 cm³/mol. The number of anilines is 1. The Morgan fingerprint density at radius 3 is 2.89 bits per heavy atom. The number of carbonyl (C=O) groups is 1. The predicted octanol–water partition coefficient (Wildman–Crippen LogP) is 2.49. The maximum absolute atomic E-state index is 12.0. The molecule has 0 aliphatic rings. The lowest BCUT2D eigenvalue weighted by Gasteiger charge is -2.10. The largest absolute Gasteiger partial charge is 0.384 e. The Balaban J connectivity index is 2.61. The highest BCUT2D eigenvalue weighted by atomic mass is 32.2. The second-order valence-corrected chi connectivity index (χ2v) is 5.89. The summed E-state index contributed by atoms with van der Waals surface area (Å²) >= 11 is 1.80. The Labute approximate surface area is 119 Å². The average molecular weight is 281 g/mol. The molecular formula is C14H23N3OS. The lowest BCUT2D eigenvalue weighted by Crippen LogP contribution is -2.26. The molecule has 19 heavy (non-hydrogen) atoms. The van der Waals surface area contributed by atoms with E-state index < -0.39 is 0 Å². The van der Waals surface area contributed by atoms with Crippen molar-refractivity contribution >= 4 is 23.5 Å². The number of nitrogens with one attached hydrogen (secondary N) is 1. The molecule has 0 spiro atoms. The summed E-state index contributed by atoms with van der Waals surface area (Å²) in [6.45, 7) is 4.92. The van der Waals surface area contributed by atoms with Crippen molar-refractivity contribution in [1.82, 2.24) is 10.3 Å². The number of hydrogen-bond acceptors (Lipinski definition) is 4. The molecule has 0 radical (unpaired) electrons. The van der Waals surface area contributed by atoms with Crippen LogP contribution in [-0.4, -0.2) is 28.9 Å². The van der Waals surface area contributed by atoms with Crippen LogP contribution < -0.4 is 11.1 Å². The second-order valence-electron chi connectivity index (χ2n) is 4.61. The van der Waals surface area contributed by atoms with Gasteiger partial charge in [0.15, 0.2) is 0 Å². The Morgan fingerprint density at radius 2 is 2.26 bits per heavy atom. The maximum atomic E-state index is 12.0. The number of hydrogen-bond donors (Lipinski definition) is 2. The molecular weight excluding hydrogens is 258 g/mol. The quantitative estimate of drug-likeness (QED) is 0.805. The Kier molecular flexibility index (Phi) is 6.70. The van der Waals surface area contributed by atoms with E-state index in [0.717, 1.165) is 25.0 Å². The van der Waals surface area contributed by atoms with Crippen LogP contribution in [0.25, 0.3) is 0 Å². The van der Waals surface area contributed by atoms with Gasteiger partial charge >= 0.3 is 0 Å². The van der Waals surface area contributed by atoms with Gasteiger partial charge in [-0.15, -0.1) is 0 Å². The summed E-state index contributed by atoms with van der Waals surface area (Å²) in [6, 6.07) is 3.46. The van der Waals surface area contributed by atoms with Gasteiger partial charge in [-0.2, -0.15) is 11.8 Å². The number of nitrogens with two attached hydrogens (primary N) is 1. The van der Waals surface area contributed by atoms with Crippen molar-refractivity contribution in [1.29, 1.82) is 0 Å². The molecule has 3 N–H and O–H groups in total. The summed E-state index contributed by atoms with van der Waals surface area (Å²) in [5.74, 6) is 0.341. The maximum Gasteiger partial charge on any atom is 0.251 e. The van der Waals surface area contributed by atoms with Crippen LogP contribution in [0.2, 0.25) is 0 Å². The summed E-state index contributed by atoms with van der Waals surface area (Å²) < 4.78 is 0. The number of aryl methyl sites for hydroxylation is 1. The molecule has 0 fully saturated rings. The van der Waals surface area contributed by atoms with Gasteiger partial charge in [0.2, 0.25) is 0 Å². The Hall–Kier alpha value is -1.23. The number of aromatic nitrogens is 1. The van der Waals surface area contributed by atoms with E-state index in [0.29, 0.717) is 23.2 Å². The average Bonchev–Trinajstić information content (AvgIpc) is 2.38. The molecule has 0 aliphatic carbocycles. The van der Waals surface area contributed by atoms with Crippen LogP contribution in [0, 0.1) is 0 Å². The van der Waals surface area contributed by atoms with E-state index in [1.54, 1.807) is 17.8 Å². The van der Waals surface area contributed by atoms with E-state index in [2.05, 4.69) is 30.4 Å². The number of nitrogen functional groups attached to an aromatic ring is 1. The number of nitrogens with zero attached hydrogens (tertiary/aromatic N) is 1. The molecule has 1 amide bonds. The third-order valence-corrected chi connectivity index (χ3v) is 3.95. The highest BCUT2D eigenvalue weighted by molar-refractivity contribution is 7.99. The van der Waals surface area contributed by atoms with E-state index in [1.165, 1.54) is 0 Å². The molecule has 1 heterocycles. The van der Waals surface area contributed by atoms with Crippen molar-refractivity contribution in [2.75, 3.05) is 18.5 Å². The molecule has 1 aromatic heterocycles. The standard InChI is InChI=1S/C14H23N3OS/c1-4-5-12-8-11(9-13(15)17-12)14(18)16-7-6-10(2)19-3/h8-10H,4-7H2,1-3H3,(H2,15,17)(H,16,18). The third kappa shape index (κ3) is 5.51. The summed E-state index contributed by atoms with van der Waals surface area (Å²) in [5, 5.41) is 3.48. The first-order chi connectivity index (χ1) is 9.06. The Bertz CT molecular complexity index is 423. The van der Waals surface area contributed by atoms with Crippen LogP contribution in [0.1, 0.15) is 42.7 Å². The minimum atomic E-state index is -0.0697. The minimum Gasteiger partial charge on any atom is -0.384 e. The van der Waals surface area contributed by atoms with Gasteiger partial charge in [-0.3, -0.25) is 4.79 Å². The molecule has 0 aliphatic heterocycles. The first-order valence-corrected chi connectivity index (χ1v) is 7.93. The van der Waals surface area contributed by atoms with Crippen molar-refractivity contribution in [3.8, 4) is 0 Å². The van der Waals surface area contributed by atoms with Crippen molar-refractivity contribution in [2.45, 2.75) is 38.4 Å². The lowest BCUT2D eigenvalue weighted by atomic mass is 10.1. The third-order valence-electron chi connectivity index (χ3n) is 2.91. The van der Waals surface area contributed by atoms with Gasteiger partial charge in [0.1, 0.15) is 5.82 Å². The van der Waals surface area contributed by atoms with Crippen LogP contribution in [0.3, 0.4) is 0 Å². The van der Waals surface area contributed by atoms with Crippen molar-refractivity contribution < 1.29 is 4.79 Å². The summed E-state index contributed by atoms with van der Waals surface area (Å²) in [5.41, 5.74) is 7.22. The fourth-order valence-electron chi connectivity index (χ4n) is 1.74. The fourth-order valence-corrected chi connectivity index (χ4v) is 2.09. The highest BCUT2D eigenvalue weighted by Gasteiger charge is 2.09. The smallest absolute Gasteiger partial charge is 0.251 e. The van der Waals surface area contributed by atoms with Crippen LogP contribution in [-0.2, 0) is 6.42 Å². The van der Waals surface area contributed by atoms with Crippen LogP contribution in [0.4, 0.5) is 5.82 Å². The molecule has 0 aromatic carbocycles. The zero-order valence-electron chi connectivity index (χ0n) is 11.9. The monoisotopic (exact) mass is 281 g/mol. The molecule has 5 heteroatoms. The van der Waals surface area contributed by atoms with Crippen molar-refractivity contribution in [3.63, 3.8) is 0 Å². The van der Waals surface area contributed by atoms with Gasteiger partial charge in [-0.05, 0) is 31.2 Å². The molecule has 1 unspecified atom stereocenters. The molecule has 0 saturated heterocycles. The fraction of sp³-hybridized carbons (Fsp3) is 0.571. The Morgan fingerprint density at radius 1 is 1.53 bits per heavy atom. The van der Waals surface area contributed by atoms with Crippen LogP contribution >= 0.6 is 11.8 Å². The van der Waals surface area contributed by atoms with E-state index >= 15 is 0 Å². The number of pyridine rings is 1. The van der Waals surface area contributed by atoms with E-state index in [-0.39, 0.29) is 5.91 Å². The van der Waals surface area contributed by atoms with Gasteiger partial charge < -0.3 is 11.1 Å². The first kappa shape index (κ1) is 15.8. The topological polar surface area (TPSA) is 68.0 Å². The van der Waals surface area contributed by atoms with E-state index in [4.69, 9.17) is 5.73 Å². The molecule has 106 valence electrons. The molecule has 0 saturated carbocycles. The van der Waals surface area contributed by atoms with Crippen molar-refractivity contribution in [3.05, 3.63) is 23.4 Å². The highest BCUT2D eigenvalue weighted by Crippen LogP contribution is 2.11. The van der Waals surface area contributed by atoms with Gasteiger partial charge in [-0.25, -0.2) is 4.98 Å². The molecule has 4 nitrogen and oxygen atoms in total. The summed E-state index contributed by atoms with van der Waals surface area (Å²) in [4.78, 5) is 16.2. The number of carbonyl (C=O) groups excluding carboxylic acids is 1. The number of rotatable bonds is 7. The van der Waals surface area contributed by atoms with Gasteiger partial charge in [0.05, 0.1) is 0 Å². The molecule has 1 rings (SSSR count). The molecule has 0 bridgehead atoms. The molecule has 1 atom stereocenters. The number of thioether (sulfide) groups is 1. The summed E-state index contributed by atoms with van der Waals surface area (Å²) in [6.07, 6.45) is 4.87. The second kappa shape index (κ2) is 8.04.